The summed E-state index contributed by atoms with van der Waals surface area (Å²) < 4.78 is 0. The molecule has 1 saturated carbocycles. The first-order valence-electron chi connectivity index (χ1n) is 6.81. The number of pyridine rings is 1. The topological polar surface area (TPSA) is 71.2 Å². The molecule has 0 radical (unpaired) electrons. The maximum Gasteiger partial charge on any atom is 0.134 e. The average Bonchev–Trinajstić information content (AvgIpc) is 2.42. The quantitative estimate of drug-likeness (QED) is 0.723. The van der Waals surface area contributed by atoms with E-state index in [2.05, 4.69) is 10.3 Å². The molecule has 0 bridgehead atoms. The number of hydrogen-bond donors (Lipinski definition) is 3. The van der Waals surface area contributed by atoms with Crippen molar-refractivity contribution in [2.75, 3.05) is 11.1 Å². The molecule has 0 atom stereocenters. The van der Waals surface area contributed by atoms with Gasteiger partial charge in [-0.25, -0.2) is 4.98 Å². The van der Waals surface area contributed by atoms with Gasteiger partial charge in [-0.2, -0.15) is 0 Å². The first-order valence-corrected chi connectivity index (χ1v) is 6.81. The predicted octanol–water partition coefficient (Wildman–Crippen LogP) is 2.53. The highest BCUT2D eigenvalue weighted by atomic mass is 16.3. The van der Waals surface area contributed by atoms with Gasteiger partial charge in [-0.3, -0.25) is 0 Å². The summed E-state index contributed by atoms with van der Waals surface area (Å²) in [6, 6.07) is 8.26. The van der Waals surface area contributed by atoms with Crippen molar-refractivity contribution in [1.29, 1.82) is 0 Å². The predicted molar refractivity (Wildman–Crippen MR) is 78.0 cm³/mol. The number of aliphatic hydroxyl groups excluding tert-OH is 1. The van der Waals surface area contributed by atoms with Gasteiger partial charge in [0.25, 0.3) is 0 Å². The van der Waals surface area contributed by atoms with Crippen molar-refractivity contribution in [3.05, 3.63) is 30.5 Å². The van der Waals surface area contributed by atoms with Crippen LogP contribution in [-0.4, -0.2) is 22.2 Å². The number of rotatable bonds is 2. The van der Waals surface area contributed by atoms with Crippen molar-refractivity contribution < 1.29 is 5.11 Å². The largest absolute Gasteiger partial charge is 0.399 e. The number of nitrogen functional groups attached to an aromatic ring is 1. The molecular formula is C15H19N3O. The van der Waals surface area contributed by atoms with Crippen LogP contribution in [0.4, 0.5) is 11.5 Å². The Morgan fingerprint density at radius 1 is 1.16 bits per heavy atom. The van der Waals surface area contributed by atoms with Crippen molar-refractivity contribution in [1.82, 2.24) is 4.98 Å². The van der Waals surface area contributed by atoms with Crippen LogP contribution in [0.15, 0.2) is 30.5 Å². The van der Waals surface area contributed by atoms with E-state index in [9.17, 15) is 5.11 Å². The van der Waals surface area contributed by atoms with Crippen molar-refractivity contribution in [3.63, 3.8) is 0 Å². The summed E-state index contributed by atoms with van der Waals surface area (Å²) in [5.74, 6) is 0.895. The molecule has 1 aliphatic carbocycles. The summed E-state index contributed by atoms with van der Waals surface area (Å²) in [7, 11) is 0. The SMILES string of the molecule is Nc1ccc2ccnc(NC3CCC(O)CC3)c2c1. The first kappa shape index (κ1) is 12.2. The van der Waals surface area contributed by atoms with Crippen LogP contribution < -0.4 is 11.1 Å². The Kier molecular flexibility index (Phi) is 3.25. The molecule has 2 aromatic rings. The number of nitrogens with two attached hydrogens (primary N) is 1. The third kappa shape index (κ3) is 2.63. The zero-order chi connectivity index (χ0) is 13.2. The second kappa shape index (κ2) is 5.05. The Morgan fingerprint density at radius 2 is 1.95 bits per heavy atom. The van der Waals surface area contributed by atoms with Crippen LogP contribution in [0.2, 0.25) is 0 Å². The third-order valence-electron chi connectivity index (χ3n) is 3.83. The minimum Gasteiger partial charge on any atom is -0.399 e. The normalized spacial score (nSPS) is 23.4. The molecule has 4 heteroatoms. The summed E-state index contributed by atoms with van der Waals surface area (Å²) in [6.45, 7) is 0. The van der Waals surface area contributed by atoms with E-state index in [0.717, 1.165) is 48.0 Å². The number of hydrogen-bond acceptors (Lipinski definition) is 4. The van der Waals surface area contributed by atoms with E-state index in [-0.39, 0.29) is 6.10 Å². The summed E-state index contributed by atoms with van der Waals surface area (Å²) in [5, 5.41) is 15.2. The van der Waals surface area contributed by atoms with Crippen LogP contribution in [0, 0.1) is 0 Å². The highest BCUT2D eigenvalue weighted by Gasteiger charge is 2.19. The highest BCUT2D eigenvalue weighted by Crippen LogP contribution is 2.27. The number of benzene rings is 1. The van der Waals surface area contributed by atoms with Crippen molar-refractivity contribution in [2.45, 2.75) is 37.8 Å². The molecule has 0 aliphatic heterocycles. The van der Waals surface area contributed by atoms with Gasteiger partial charge in [0.2, 0.25) is 0 Å². The van der Waals surface area contributed by atoms with Gasteiger partial charge in [0.05, 0.1) is 6.10 Å². The van der Waals surface area contributed by atoms with Crippen molar-refractivity contribution in [2.24, 2.45) is 0 Å². The number of aromatic nitrogens is 1. The number of nitrogens with one attached hydrogen (secondary N) is 1. The lowest BCUT2D eigenvalue weighted by Gasteiger charge is -2.27. The minimum absolute atomic E-state index is 0.130. The molecular weight excluding hydrogens is 238 g/mol. The summed E-state index contributed by atoms with van der Waals surface area (Å²) in [4.78, 5) is 4.43. The molecule has 4 nitrogen and oxygen atoms in total. The second-order valence-corrected chi connectivity index (χ2v) is 5.29. The van der Waals surface area contributed by atoms with E-state index in [0.29, 0.717) is 6.04 Å². The highest BCUT2D eigenvalue weighted by molar-refractivity contribution is 5.93. The molecule has 100 valence electrons. The molecule has 0 amide bonds. The van der Waals surface area contributed by atoms with E-state index in [1.165, 1.54) is 0 Å². The molecule has 1 aromatic carbocycles. The molecule has 1 aromatic heterocycles. The monoisotopic (exact) mass is 257 g/mol. The van der Waals surface area contributed by atoms with Crippen molar-refractivity contribution in [3.8, 4) is 0 Å². The smallest absolute Gasteiger partial charge is 0.134 e. The average molecular weight is 257 g/mol. The molecule has 1 fully saturated rings. The van der Waals surface area contributed by atoms with Gasteiger partial charge in [0, 0.05) is 23.3 Å². The lowest BCUT2D eigenvalue weighted by Crippen LogP contribution is -2.28. The molecule has 1 heterocycles. The number of anilines is 2. The van der Waals surface area contributed by atoms with Crippen LogP contribution >= 0.6 is 0 Å². The van der Waals surface area contributed by atoms with Gasteiger partial charge in [-0.1, -0.05) is 6.07 Å². The van der Waals surface area contributed by atoms with Crippen LogP contribution in [-0.2, 0) is 0 Å². The summed E-state index contributed by atoms with van der Waals surface area (Å²) in [6.07, 6.45) is 5.39. The van der Waals surface area contributed by atoms with Gasteiger partial charge in [-0.15, -0.1) is 0 Å². The Balaban J connectivity index is 1.86. The number of aliphatic hydroxyl groups is 1. The molecule has 0 saturated heterocycles. The van der Waals surface area contributed by atoms with Crippen molar-refractivity contribution >= 4 is 22.3 Å². The molecule has 3 rings (SSSR count). The molecule has 4 N–H and O–H groups in total. The standard InChI is InChI=1S/C15H19N3O/c16-11-2-1-10-7-8-17-15(14(10)9-11)18-12-3-5-13(19)6-4-12/h1-2,7-9,12-13,19H,3-6,16H2,(H,17,18). The van der Waals surface area contributed by atoms with E-state index in [1.54, 1.807) is 0 Å². The van der Waals surface area contributed by atoms with Gasteiger partial charge in [-0.05, 0) is 49.3 Å². The van der Waals surface area contributed by atoms with E-state index in [1.807, 2.05) is 30.5 Å². The van der Waals surface area contributed by atoms with Crippen LogP contribution in [0.1, 0.15) is 25.7 Å². The third-order valence-corrected chi connectivity index (χ3v) is 3.83. The zero-order valence-electron chi connectivity index (χ0n) is 10.8. The van der Waals surface area contributed by atoms with Gasteiger partial charge in [0.1, 0.15) is 5.82 Å². The minimum atomic E-state index is -0.130. The van der Waals surface area contributed by atoms with E-state index in [4.69, 9.17) is 5.73 Å². The Bertz CT molecular complexity index is 577. The summed E-state index contributed by atoms with van der Waals surface area (Å²) >= 11 is 0. The first-order chi connectivity index (χ1) is 9.22. The van der Waals surface area contributed by atoms with Gasteiger partial charge in [0.15, 0.2) is 0 Å². The van der Waals surface area contributed by atoms with Crippen LogP contribution in [0.25, 0.3) is 10.8 Å². The van der Waals surface area contributed by atoms with Gasteiger partial charge < -0.3 is 16.2 Å². The Labute approximate surface area is 112 Å². The second-order valence-electron chi connectivity index (χ2n) is 5.29. The van der Waals surface area contributed by atoms with Gasteiger partial charge >= 0.3 is 0 Å². The fraction of sp³-hybridized carbons (Fsp3) is 0.400. The van der Waals surface area contributed by atoms with E-state index >= 15 is 0 Å². The lowest BCUT2D eigenvalue weighted by molar-refractivity contribution is 0.126. The fourth-order valence-corrected chi connectivity index (χ4v) is 2.71. The Hall–Kier alpha value is -1.81. The van der Waals surface area contributed by atoms with Crippen LogP contribution in [0.3, 0.4) is 0 Å². The molecule has 19 heavy (non-hydrogen) atoms. The Morgan fingerprint density at radius 3 is 2.74 bits per heavy atom. The lowest BCUT2D eigenvalue weighted by atomic mass is 9.93. The maximum atomic E-state index is 9.54. The fourth-order valence-electron chi connectivity index (χ4n) is 2.71. The molecule has 1 aliphatic rings. The van der Waals surface area contributed by atoms with Crippen LogP contribution in [0.5, 0.6) is 0 Å². The molecule has 0 spiro atoms. The summed E-state index contributed by atoms with van der Waals surface area (Å²) in [5.41, 5.74) is 6.61. The number of fused-ring (bicyclic) bond motifs is 1. The maximum absolute atomic E-state index is 9.54. The van der Waals surface area contributed by atoms with E-state index < -0.39 is 0 Å². The molecule has 0 unspecified atom stereocenters. The zero-order valence-corrected chi connectivity index (χ0v) is 10.8. The number of nitrogens with zero attached hydrogens (tertiary/aromatic N) is 1.